The molecule has 0 saturated carbocycles. The fraction of sp³-hybridized carbons (Fsp3) is 0.400. The summed E-state index contributed by atoms with van der Waals surface area (Å²) in [7, 11) is 0.0592. The molecule has 1 N–H and O–H groups in total. The van der Waals surface area contributed by atoms with Crippen LogP contribution in [0.1, 0.15) is 29.5 Å². The molecule has 204 valence electrons. The molecule has 0 radical (unpaired) electrons. The summed E-state index contributed by atoms with van der Waals surface area (Å²) < 4.78 is 34.8. The highest BCUT2D eigenvalue weighted by Gasteiger charge is 2.37. The molecule has 3 aromatic rings. The molecule has 0 spiro atoms. The van der Waals surface area contributed by atoms with Gasteiger partial charge in [0.15, 0.2) is 9.84 Å². The van der Waals surface area contributed by atoms with Crippen LogP contribution in [0.5, 0.6) is 11.5 Å². The first-order chi connectivity index (χ1) is 18.2. The van der Waals surface area contributed by atoms with Crippen molar-refractivity contribution in [3.63, 3.8) is 0 Å². The van der Waals surface area contributed by atoms with Gasteiger partial charge < -0.3 is 19.5 Å². The van der Waals surface area contributed by atoms with Gasteiger partial charge in [-0.3, -0.25) is 4.90 Å². The topological polar surface area (TPSA) is 79.3 Å². The van der Waals surface area contributed by atoms with Crippen LogP contribution in [0.25, 0.3) is 0 Å². The molecule has 0 unspecified atom stereocenters. The number of aliphatic hydroxyl groups is 1. The summed E-state index contributed by atoms with van der Waals surface area (Å²) in [6.07, 6.45) is 2.73. The van der Waals surface area contributed by atoms with Crippen LogP contribution < -0.4 is 9.47 Å². The molecule has 4 rings (SSSR count). The van der Waals surface area contributed by atoms with Crippen LogP contribution in [-0.4, -0.2) is 76.5 Å². The Balaban J connectivity index is 1.46. The first-order valence-electron chi connectivity index (χ1n) is 13.0. The lowest BCUT2D eigenvalue weighted by Crippen LogP contribution is -2.37. The van der Waals surface area contributed by atoms with E-state index in [2.05, 4.69) is 9.80 Å². The van der Waals surface area contributed by atoms with Crippen molar-refractivity contribution >= 4 is 9.84 Å². The van der Waals surface area contributed by atoms with Crippen molar-refractivity contribution in [3.05, 3.63) is 89.5 Å². The highest BCUT2D eigenvalue weighted by atomic mass is 32.2. The first kappa shape index (κ1) is 28.1. The van der Waals surface area contributed by atoms with Gasteiger partial charge in [-0.1, -0.05) is 48.5 Å². The van der Waals surface area contributed by atoms with Crippen molar-refractivity contribution < 1.29 is 23.0 Å². The van der Waals surface area contributed by atoms with E-state index in [1.54, 1.807) is 26.4 Å². The van der Waals surface area contributed by atoms with Crippen molar-refractivity contribution in [2.24, 2.45) is 0 Å². The predicted octanol–water partition coefficient (Wildman–Crippen LogP) is 3.94. The molecule has 0 aromatic heterocycles. The Hall–Kier alpha value is -2.91. The molecule has 1 fully saturated rings. The van der Waals surface area contributed by atoms with Crippen molar-refractivity contribution in [2.45, 2.75) is 29.9 Å². The minimum atomic E-state index is -3.19. The minimum Gasteiger partial charge on any atom is -0.496 e. The van der Waals surface area contributed by atoms with Gasteiger partial charge in [0.1, 0.15) is 17.1 Å². The van der Waals surface area contributed by atoms with E-state index in [-0.39, 0.29) is 0 Å². The Bertz CT molecular complexity index is 1260. The number of ether oxygens (including phenoxy) is 2. The lowest BCUT2D eigenvalue weighted by Gasteiger charge is -2.34. The van der Waals surface area contributed by atoms with Crippen molar-refractivity contribution in [1.82, 2.24) is 9.80 Å². The van der Waals surface area contributed by atoms with Crippen molar-refractivity contribution in [2.75, 3.05) is 53.2 Å². The highest BCUT2D eigenvalue weighted by molar-refractivity contribution is 7.90. The van der Waals surface area contributed by atoms with Gasteiger partial charge in [0.2, 0.25) is 0 Å². The Kier molecular flexibility index (Phi) is 9.10. The second kappa shape index (κ2) is 12.3. The molecule has 0 atom stereocenters. The SMILES string of the molecule is COc1ccccc1C(O)(CCN1CCCN(Cc2ccc(S(C)(=O)=O)cc2)CC1)c1ccccc1OC. The maximum atomic E-state index is 12.3. The van der Waals surface area contributed by atoms with Crippen molar-refractivity contribution in [3.8, 4) is 11.5 Å². The van der Waals surface area contributed by atoms with E-state index >= 15 is 0 Å². The lowest BCUT2D eigenvalue weighted by atomic mass is 9.82. The molecule has 1 heterocycles. The van der Waals surface area contributed by atoms with Crippen LogP contribution in [0.2, 0.25) is 0 Å². The molecule has 1 saturated heterocycles. The molecular formula is C30H38N2O5S. The van der Waals surface area contributed by atoms with Gasteiger partial charge in [-0.2, -0.15) is 0 Å². The molecule has 0 bridgehead atoms. The maximum Gasteiger partial charge on any atom is 0.175 e. The summed E-state index contributed by atoms with van der Waals surface area (Å²) in [5.74, 6) is 1.29. The van der Waals surface area contributed by atoms with Gasteiger partial charge in [-0.15, -0.1) is 0 Å². The Morgan fingerprint density at radius 1 is 0.789 bits per heavy atom. The molecule has 1 aliphatic rings. The second-order valence-corrected chi connectivity index (χ2v) is 11.9. The molecule has 7 nitrogen and oxygen atoms in total. The number of rotatable bonds is 10. The maximum absolute atomic E-state index is 12.3. The largest absolute Gasteiger partial charge is 0.496 e. The Morgan fingerprint density at radius 3 is 1.87 bits per heavy atom. The normalized spacial score (nSPS) is 15.7. The molecule has 1 aliphatic heterocycles. The van der Waals surface area contributed by atoms with E-state index in [9.17, 15) is 13.5 Å². The summed E-state index contributed by atoms with van der Waals surface area (Å²) >= 11 is 0. The standard InChI is InChI=1S/C30H38N2O5S/c1-36-28-11-6-4-9-26(28)30(33,27-10-5-7-12-29(27)37-2)17-20-31-18-8-19-32(22-21-31)23-24-13-15-25(16-14-24)38(3,34)35/h4-7,9-16,33H,8,17-23H2,1-3H3. The predicted molar refractivity (Wildman–Crippen MR) is 149 cm³/mol. The molecule has 8 heteroatoms. The smallest absolute Gasteiger partial charge is 0.175 e. The molecule has 0 aliphatic carbocycles. The zero-order valence-electron chi connectivity index (χ0n) is 22.5. The third-order valence-corrected chi connectivity index (χ3v) is 8.46. The fourth-order valence-electron chi connectivity index (χ4n) is 5.21. The quantitative estimate of drug-likeness (QED) is 0.419. The van der Waals surface area contributed by atoms with Gasteiger partial charge in [-0.25, -0.2) is 8.42 Å². The van der Waals surface area contributed by atoms with Crippen LogP contribution in [0.4, 0.5) is 0 Å². The monoisotopic (exact) mass is 538 g/mol. The summed E-state index contributed by atoms with van der Waals surface area (Å²) in [5.41, 5.74) is 1.27. The molecular weight excluding hydrogens is 500 g/mol. The van der Waals surface area contributed by atoms with Crippen LogP contribution >= 0.6 is 0 Å². The number of sulfone groups is 1. The van der Waals surface area contributed by atoms with E-state index < -0.39 is 15.4 Å². The molecule has 38 heavy (non-hydrogen) atoms. The number of methoxy groups -OCH3 is 2. The highest BCUT2D eigenvalue weighted by Crippen LogP contribution is 2.42. The summed E-state index contributed by atoms with van der Waals surface area (Å²) in [6, 6.07) is 22.4. The van der Waals surface area contributed by atoms with E-state index in [4.69, 9.17) is 9.47 Å². The number of hydrogen-bond acceptors (Lipinski definition) is 7. The number of hydrogen-bond donors (Lipinski definition) is 1. The average molecular weight is 539 g/mol. The summed E-state index contributed by atoms with van der Waals surface area (Å²) in [6.45, 7) is 5.18. The van der Waals surface area contributed by atoms with Gasteiger partial charge >= 0.3 is 0 Å². The summed E-state index contributed by atoms with van der Waals surface area (Å²) in [4.78, 5) is 5.16. The number of nitrogens with zero attached hydrogens (tertiary/aromatic N) is 2. The lowest BCUT2D eigenvalue weighted by molar-refractivity contribution is 0.0529. The first-order valence-corrected chi connectivity index (χ1v) is 14.9. The third kappa shape index (κ3) is 6.56. The Morgan fingerprint density at radius 2 is 1.32 bits per heavy atom. The summed E-state index contributed by atoms with van der Waals surface area (Å²) in [5, 5.41) is 12.3. The Labute approximate surface area is 226 Å². The van der Waals surface area contributed by atoms with E-state index in [0.717, 1.165) is 55.8 Å². The third-order valence-electron chi connectivity index (χ3n) is 7.33. The van der Waals surface area contributed by atoms with Crippen molar-refractivity contribution in [1.29, 1.82) is 0 Å². The van der Waals surface area contributed by atoms with Gasteiger partial charge in [0, 0.05) is 43.6 Å². The van der Waals surface area contributed by atoms with Crippen LogP contribution in [-0.2, 0) is 22.0 Å². The second-order valence-electron chi connectivity index (χ2n) is 9.90. The number of para-hydroxylation sites is 2. The number of benzene rings is 3. The van der Waals surface area contributed by atoms with Crippen LogP contribution in [0.3, 0.4) is 0 Å². The molecule has 3 aromatic carbocycles. The van der Waals surface area contributed by atoms with Gasteiger partial charge in [0.25, 0.3) is 0 Å². The van der Waals surface area contributed by atoms with Gasteiger partial charge in [-0.05, 0) is 55.8 Å². The van der Waals surface area contributed by atoms with E-state index in [0.29, 0.717) is 29.4 Å². The average Bonchev–Trinajstić information content (AvgIpc) is 3.16. The molecule has 0 amide bonds. The van der Waals surface area contributed by atoms with E-state index in [1.807, 2.05) is 60.7 Å². The van der Waals surface area contributed by atoms with Crippen LogP contribution in [0, 0.1) is 0 Å². The van der Waals surface area contributed by atoms with E-state index in [1.165, 1.54) is 6.26 Å². The zero-order valence-corrected chi connectivity index (χ0v) is 23.3. The zero-order chi connectivity index (χ0) is 27.2. The minimum absolute atomic E-state index is 0.348. The van der Waals surface area contributed by atoms with Crippen LogP contribution in [0.15, 0.2) is 77.7 Å². The fourth-order valence-corrected chi connectivity index (χ4v) is 5.84. The van der Waals surface area contributed by atoms with Gasteiger partial charge in [0.05, 0.1) is 19.1 Å².